The van der Waals surface area contributed by atoms with Crippen LogP contribution in [0, 0.1) is 11.3 Å². The molecule has 2 atom stereocenters. The molecule has 1 rings (SSSR count). The van der Waals surface area contributed by atoms with Crippen molar-refractivity contribution in [2.75, 3.05) is 6.54 Å². The highest BCUT2D eigenvalue weighted by Gasteiger charge is 2.22. The molecule has 6 heteroatoms. The number of amides is 1. The summed E-state index contributed by atoms with van der Waals surface area (Å²) in [7, 11) is 0. The normalized spacial score (nSPS) is 12.4. The van der Waals surface area contributed by atoms with Gasteiger partial charge in [-0.3, -0.25) is 4.79 Å². The lowest BCUT2D eigenvalue weighted by Crippen LogP contribution is -2.38. The number of nitriles is 1. The van der Waals surface area contributed by atoms with Gasteiger partial charge >= 0.3 is 5.97 Å². The zero-order chi connectivity index (χ0) is 16.5. The molecule has 1 N–H and O–H groups in total. The van der Waals surface area contributed by atoms with E-state index < -0.39 is 24.1 Å². The van der Waals surface area contributed by atoms with Gasteiger partial charge in [-0.2, -0.15) is 5.26 Å². The molecule has 0 aromatic heterocycles. The van der Waals surface area contributed by atoms with Crippen LogP contribution in [-0.2, 0) is 14.3 Å². The fourth-order valence-electron chi connectivity index (χ4n) is 1.50. The number of esters is 1. The number of nitrogens with zero attached hydrogens (tertiary/aromatic N) is 1. The molecule has 0 unspecified atom stereocenters. The van der Waals surface area contributed by atoms with E-state index in [2.05, 4.69) is 11.9 Å². The van der Waals surface area contributed by atoms with E-state index in [9.17, 15) is 9.59 Å². The molecular weight excluding hydrogens is 284 g/mol. The molecule has 0 radical (unpaired) electrons. The molecule has 0 spiro atoms. The summed E-state index contributed by atoms with van der Waals surface area (Å²) >= 11 is 0. The average molecular weight is 302 g/mol. The summed E-state index contributed by atoms with van der Waals surface area (Å²) in [6, 6.07) is 8.32. The van der Waals surface area contributed by atoms with E-state index in [0.717, 1.165) is 0 Å². The Morgan fingerprint density at radius 2 is 1.95 bits per heavy atom. The van der Waals surface area contributed by atoms with Crippen LogP contribution in [0.25, 0.3) is 0 Å². The number of benzene rings is 1. The molecule has 6 nitrogen and oxygen atoms in total. The summed E-state index contributed by atoms with van der Waals surface area (Å²) in [4.78, 5) is 23.4. The van der Waals surface area contributed by atoms with E-state index in [0.29, 0.717) is 17.9 Å². The fourth-order valence-corrected chi connectivity index (χ4v) is 1.50. The minimum absolute atomic E-state index is 0.304. The Hall–Kier alpha value is -2.81. The van der Waals surface area contributed by atoms with Gasteiger partial charge in [0.15, 0.2) is 12.2 Å². The van der Waals surface area contributed by atoms with Crippen molar-refractivity contribution >= 4 is 11.9 Å². The van der Waals surface area contributed by atoms with E-state index in [1.807, 2.05) is 6.07 Å². The summed E-state index contributed by atoms with van der Waals surface area (Å²) < 4.78 is 10.4. The van der Waals surface area contributed by atoms with Gasteiger partial charge in [-0.1, -0.05) is 6.08 Å². The Morgan fingerprint density at radius 3 is 2.50 bits per heavy atom. The fraction of sp³-hybridized carbons (Fsp3) is 0.312. The average Bonchev–Trinajstić information content (AvgIpc) is 2.52. The second-order valence-corrected chi connectivity index (χ2v) is 4.51. The Balaban J connectivity index is 2.52. The van der Waals surface area contributed by atoms with E-state index in [4.69, 9.17) is 14.7 Å². The molecule has 0 bridgehead atoms. The van der Waals surface area contributed by atoms with Gasteiger partial charge in [-0.05, 0) is 38.1 Å². The van der Waals surface area contributed by atoms with Gasteiger partial charge in [0.25, 0.3) is 5.91 Å². The summed E-state index contributed by atoms with van der Waals surface area (Å²) in [5.74, 6) is -0.614. The SMILES string of the molecule is C=CCNC(=O)[C@H](C)OC(=O)[C@H](C)Oc1ccc(C#N)cc1. The first kappa shape index (κ1) is 17.2. The second kappa shape index (κ2) is 8.47. The topological polar surface area (TPSA) is 88.4 Å². The highest BCUT2D eigenvalue weighted by atomic mass is 16.6. The van der Waals surface area contributed by atoms with Crippen LogP contribution >= 0.6 is 0 Å². The molecule has 0 aliphatic carbocycles. The van der Waals surface area contributed by atoms with Crippen LogP contribution in [0.2, 0.25) is 0 Å². The van der Waals surface area contributed by atoms with Crippen molar-refractivity contribution in [1.29, 1.82) is 5.26 Å². The Labute approximate surface area is 129 Å². The minimum atomic E-state index is -0.917. The molecule has 22 heavy (non-hydrogen) atoms. The lowest BCUT2D eigenvalue weighted by atomic mass is 10.2. The zero-order valence-corrected chi connectivity index (χ0v) is 12.5. The Bertz CT molecular complexity index is 575. The summed E-state index contributed by atoms with van der Waals surface area (Å²) in [5.41, 5.74) is 0.495. The number of hydrogen-bond donors (Lipinski definition) is 1. The number of rotatable bonds is 7. The van der Waals surface area contributed by atoms with Crippen molar-refractivity contribution in [3.63, 3.8) is 0 Å². The smallest absolute Gasteiger partial charge is 0.347 e. The predicted molar refractivity (Wildman–Crippen MR) is 80.0 cm³/mol. The number of carbonyl (C=O) groups is 2. The van der Waals surface area contributed by atoms with E-state index in [1.165, 1.54) is 19.9 Å². The molecule has 1 aromatic rings. The minimum Gasteiger partial charge on any atom is -0.479 e. The molecule has 0 aliphatic heterocycles. The first-order chi connectivity index (χ1) is 10.5. The molecule has 0 saturated heterocycles. The first-order valence-electron chi connectivity index (χ1n) is 6.73. The highest BCUT2D eigenvalue weighted by molar-refractivity contribution is 5.84. The van der Waals surface area contributed by atoms with Crippen LogP contribution in [0.4, 0.5) is 0 Å². The van der Waals surface area contributed by atoms with Gasteiger partial charge in [0.05, 0.1) is 11.6 Å². The third kappa shape index (κ3) is 5.29. The maximum absolute atomic E-state index is 11.9. The van der Waals surface area contributed by atoms with Gasteiger partial charge in [-0.15, -0.1) is 6.58 Å². The standard InChI is InChI=1S/C16H18N2O4/c1-4-9-18-15(19)11(2)22-16(20)12(3)21-14-7-5-13(10-17)6-8-14/h4-8,11-12H,1,9H2,2-3H3,(H,18,19)/t11-,12-/m0/s1. The molecular formula is C16H18N2O4. The lowest BCUT2D eigenvalue weighted by Gasteiger charge is -2.17. The highest BCUT2D eigenvalue weighted by Crippen LogP contribution is 2.14. The number of hydrogen-bond acceptors (Lipinski definition) is 5. The third-order valence-electron chi connectivity index (χ3n) is 2.71. The van der Waals surface area contributed by atoms with Crippen molar-refractivity contribution in [2.45, 2.75) is 26.1 Å². The summed E-state index contributed by atoms with van der Waals surface area (Å²) in [5, 5.41) is 11.2. The molecule has 1 aromatic carbocycles. The van der Waals surface area contributed by atoms with Crippen molar-refractivity contribution in [1.82, 2.24) is 5.32 Å². The van der Waals surface area contributed by atoms with E-state index in [-0.39, 0.29) is 0 Å². The van der Waals surface area contributed by atoms with Crippen LogP contribution in [0.1, 0.15) is 19.4 Å². The van der Waals surface area contributed by atoms with Gasteiger partial charge in [0, 0.05) is 6.54 Å². The molecule has 0 saturated carbocycles. The number of ether oxygens (including phenoxy) is 2. The quantitative estimate of drug-likeness (QED) is 0.610. The first-order valence-corrected chi connectivity index (χ1v) is 6.73. The monoisotopic (exact) mass is 302 g/mol. The second-order valence-electron chi connectivity index (χ2n) is 4.51. The summed E-state index contributed by atoms with van der Waals surface area (Å²) in [6.07, 6.45) is -0.259. The number of carbonyl (C=O) groups excluding carboxylic acids is 2. The maximum atomic E-state index is 11.9. The van der Waals surface area contributed by atoms with Gasteiger partial charge in [0.2, 0.25) is 0 Å². The zero-order valence-electron chi connectivity index (χ0n) is 12.5. The predicted octanol–water partition coefficient (Wildman–Crippen LogP) is 1.56. The largest absolute Gasteiger partial charge is 0.479 e. The molecule has 116 valence electrons. The van der Waals surface area contributed by atoms with Crippen molar-refractivity contribution in [2.24, 2.45) is 0 Å². The van der Waals surface area contributed by atoms with Crippen molar-refractivity contribution in [3.05, 3.63) is 42.5 Å². The van der Waals surface area contributed by atoms with Gasteiger partial charge in [-0.25, -0.2) is 4.79 Å². The molecule has 0 fully saturated rings. The summed E-state index contributed by atoms with van der Waals surface area (Å²) in [6.45, 7) is 6.78. The van der Waals surface area contributed by atoms with Crippen LogP contribution in [0.15, 0.2) is 36.9 Å². The van der Waals surface area contributed by atoms with Crippen LogP contribution in [-0.4, -0.2) is 30.6 Å². The van der Waals surface area contributed by atoms with Crippen molar-refractivity contribution < 1.29 is 19.1 Å². The van der Waals surface area contributed by atoms with Crippen LogP contribution in [0.3, 0.4) is 0 Å². The van der Waals surface area contributed by atoms with Crippen LogP contribution in [0.5, 0.6) is 5.75 Å². The third-order valence-corrected chi connectivity index (χ3v) is 2.71. The lowest BCUT2D eigenvalue weighted by molar-refractivity contribution is -0.160. The van der Waals surface area contributed by atoms with Gasteiger partial charge < -0.3 is 14.8 Å². The van der Waals surface area contributed by atoms with Gasteiger partial charge in [0.1, 0.15) is 5.75 Å². The van der Waals surface area contributed by atoms with Crippen LogP contribution < -0.4 is 10.1 Å². The maximum Gasteiger partial charge on any atom is 0.347 e. The molecule has 0 heterocycles. The number of nitrogens with one attached hydrogen (secondary N) is 1. The van der Waals surface area contributed by atoms with E-state index >= 15 is 0 Å². The Kier molecular flexibility index (Phi) is 6.64. The van der Waals surface area contributed by atoms with E-state index in [1.54, 1.807) is 24.3 Å². The van der Waals surface area contributed by atoms with Crippen molar-refractivity contribution in [3.8, 4) is 11.8 Å². The molecule has 0 aliphatic rings. The Morgan fingerprint density at radius 1 is 1.32 bits per heavy atom. The molecule has 1 amide bonds.